The molecular formula is C37H47N7O5. The summed E-state index contributed by atoms with van der Waals surface area (Å²) >= 11 is 0. The summed E-state index contributed by atoms with van der Waals surface area (Å²) in [5.41, 5.74) is 2.21. The van der Waals surface area contributed by atoms with E-state index in [-0.39, 0.29) is 47.9 Å². The van der Waals surface area contributed by atoms with Crippen molar-refractivity contribution in [1.29, 1.82) is 5.41 Å². The van der Waals surface area contributed by atoms with Crippen molar-refractivity contribution in [2.75, 3.05) is 17.2 Å². The molecule has 3 atom stereocenters. The van der Waals surface area contributed by atoms with E-state index in [1.54, 1.807) is 11.0 Å². The van der Waals surface area contributed by atoms with Crippen molar-refractivity contribution in [3.63, 3.8) is 0 Å². The van der Waals surface area contributed by atoms with Crippen LogP contribution in [0.4, 0.5) is 16.2 Å². The number of nitrogens with zero attached hydrogens (tertiary/aromatic N) is 2. The van der Waals surface area contributed by atoms with Gasteiger partial charge in [0, 0.05) is 30.8 Å². The zero-order chi connectivity index (χ0) is 35.0. The number of oxime groups is 1. The van der Waals surface area contributed by atoms with Gasteiger partial charge in [-0.1, -0.05) is 50.2 Å². The molecule has 0 spiro atoms. The molecule has 4 aliphatic rings. The minimum atomic E-state index is -1.18. The number of hydrogen-bond acceptors (Lipinski definition) is 7. The fraction of sp³-hybridized carbons (Fsp3) is 0.514. The Balaban J connectivity index is 1.27. The second kappa shape index (κ2) is 13.6. The van der Waals surface area contributed by atoms with Crippen LogP contribution >= 0.6 is 0 Å². The van der Waals surface area contributed by atoms with Gasteiger partial charge in [-0.25, -0.2) is 4.79 Å². The highest BCUT2D eigenvalue weighted by Crippen LogP contribution is 2.51. The number of amides is 5. The van der Waals surface area contributed by atoms with E-state index in [9.17, 15) is 24.4 Å². The first-order chi connectivity index (χ1) is 23.4. The van der Waals surface area contributed by atoms with Crippen molar-refractivity contribution in [2.24, 2.45) is 28.8 Å². The van der Waals surface area contributed by atoms with Gasteiger partial charge in [-0.05, 0) is 97.6 Å². The molecule has 1 heterocycles. The van der Waals surface area contributed by atoms with Crippen LogP contribution in [0.2, 0.25) is 0 Å². The molecule has 6 N–H and O–H groups in total. The number of urea groups is 1. The van der Waals surface area contributed by atoms with Crippen LogP contribution < -0.4 is 21.3 Å². The third kappa shape index (κ3) is 6.91. The van der Waals surface area contributed by atoms with Crippen LogP contribution in [0.1, 0.15) is 70.1 Å². The molecule has 1 saturated heterocycles. The maximum Gasteiger partial charge on any atom is 0.318 e. The molecule has 260 valence electrons. The minimum Gasteiger partial charge on any atom is -0.410 e. The molecule has 12 nitrogen and oxygen atoms in total. The third-order valence-electron chi connectivity index (χ3n) is 10.7. The van der Waals surface area contributed by atoms with Crippen molar-refractivity contribution in [2.45, 2.75) is 90.3 Å². The zero-order valence-electron chi connectivity index (χ0n) is 28.6. The number of nitrogens with one attached hydrogen (secondary N) is 5. The number of para-hydroxylation sites is 1. The summed E-state index contributed by atoms with van der Waals surface area (Å²) in [4.78, 5) is 56.6. The molecule has 0 bridgehead atoms. The number of anilines is 2. The number of benzene rings is 2. The molecule has 6 rings (SSSR count). The van der Waals surface area contributed by atoms with E-state index in [2.05, 4.69) is 26.4 Å². The van der Waals surface area contributed by atoms with Crippen molar-refractivity contribution in [1.82, 2.24) is 15.5 Å². The van der Waals surface area contributed by atoms with Crippen LogP contribution in [0.25, 0.3) is 0 Å². The number of aryl methyl sites for hydroxylation is 1. The number of carbonyl (C=O) groups is 4. The van der Waals surface area contributed by atoms with E-state index >= 15 is 0 Å². The van der Waals surface area contributed by atoms with Crippen LogP contribution in [0, 0.1) is 29.1 Å². The Morgan fingerprint density at radius 2 is 1.71 bits per heavy atom. The van der Waals surface area contributed by atoms with Gasteiger partial charge in [-0.3, -0.25) is 14.4 Å². The van der Waals surface area contributed by atoms with Gasteiger partial charge in [-0.15, -0.1) is 0 Å². The van der Waals surface area contributed by atoms with Crippen LogP contribution in [0.5, 0.6) is 0 Å². The molecular weight excluding hydrogens is 622 g/mol. The summed E-state index contributed by atoms with van der Waals surface area (Å²) in [6, 6.07) is 12.0. The average molecular weight is 670 g/mol. The Morgan fingerprint density at radius 1 is 1.04 bits per heavy atom. The second-order valence-electron chi connectivity index (χ2n) is 14.5. The summed E-state index contributed by atoms with van der Waals surface area (Å²) < 4.78 is 0. The SMILES string of the molecule is CCc1ccccc1NC(=O)C1(N2C[C@@H](C(C)C)NC2=O)Cc2ccc(NC(=O)[C@@H](NC(=O)/C(=N/O)C(C)=N)C(C3CC3)C3CC3)cc2C1. The molecule has 5 amide bonds. The lowest BCUT2D eigenvalue weighted by Gasteiger charge is -2.37. The van der Waals surface area contributed by atoms with Gasteiger partial charge in [0.25, 0.3) is 11.8 Å². The molecule has 49 heavy (non-hydrogen) atoms. The van der Waals surface area contributed by atoms with Crippen molar-refractivity contribution < 1.29 is 24.4 Å². The molecule has 1 aliphatic heterocycles. The Labute approximate surface area is 287 Å². The largest absolute Gasteiger partial charge is 0.410 e. The highest BCUT2D eigenvalue weighted by Gasteiger charge is 2.54. The number of rotatable bonds is 13. The van der Waals surface area contributed by atoms with Crippen LogP contribution in [0.3, 0.4) is 0 Å². The molecule has 2 saturated carbocycles. The van der Waals surface area contributed by atoms with Crippen LogP contribution in [-0.2, 0) is 33.6 Å². The second-order valence-corrected chi connectivity index (χ2v) is 14.5. The minimum absolute atomic E-state index is 0.0608. The predicted molar refractivity (Wildman–Crippen MR) is 187 cm³/mol. The molecule has 12 heteroatoms. The highest BCUT2D eigenvalue weighted by molar-refractivity contribution is 6.65. The third-order valence-corrected chi connectivity index (χ3v) is 10.7. The van der Waals surface area contributed by atoms with E-state index in [1.165, 1.54) is 6.92 Å². The first-order valence-electron chi connectivity index (χ1n) is 17.4. The zero-order valence-corrected chi connectivity index (χ0v) is 28.6. The summed E-state index contributed by atoms with van der Waals surface area (Å²) in [6.07, 6.45) is 5.28. The highest BCUT2D eigenvalue weighted by atomic mass is 16.4. The van der Waals surface area contributed by atoms with Gasteiger partial charge in [-0.2, -0.15) is 0 Å². The summed E-state index contributed by atoms with van der Waals surface area (Å²) in [7, 11) is 0. The molecule has 0 radical (unpaired) electrons. The standard InChI is InChI=1S/C37H47N7O5/c1-5-22-8-6-7-9-28(22)40-35(47)37(44-19-29(20(2)3)41-36(44)48)17-25-14-15-27(16-26(25)18-37)39-34(46)32(30(23-10-11-23)24-12-13-24)42-33(45)31(43-49)21(4)38/h6-9,14-16,20,23-24,29-30,32,38,49H,5,10-13,17-19H2,1-4H3,(H,39,46)(H,40,47)(H,41,48)(H,42,45)/b38-21?,43-31+/t29-,32-,37?/m0/s1. The lowest BCUT2D eigenvalue weighted by Crippen LogP contribution is -2.59. The monoisotopic (exact) mass is 669 g/mol. The maximum absolute atomic E-state index is 14.4. The Bertz CT molecular complexity index is 1690. The Kier molecular flexibility index (Phi) is 9.50. The molecule has 3 aliphatic carbocycles. The number of carbonyl (C=O) groups excluding carboxylic acids is 4. The Morgan fingerprint density at radius 3 is 2.31 bits per heavy atom. The van der Waals surface area contributed by atoms with E-state index in [4.69, 9.17) is 5.41 Å². The smallest absolute Gasteiger partial charge is 0.318 e. The van der Waals surface area contributed by atoms with Gasteiger partial charge >= 0.3 is 6.03 Å². The van der Waals surface area contributed by atoms with Gasteiger partial charge in [0.1, 0.15) is 11.6 Å². The Hall–Kier alpha value is -4.74. The van der Waals surface area contributed by atoms with Crippen molar-refractivity contribution in [3.8, 4) is 0 Å². The fourth-order valence-electron chi connectivity index (χ4n) is 7.65. The predicted octanol–water partition coefficient (Wildman–Crippen LogP) is 4.50. The van der Waals surface area contributed by atoms with Gasteiger partial charge in [0.05, 0.1) is 11.8 Å². The van der Waals surface area contributed by atoms with Gasteiger partial charge in [0.2, 0.25) is 5.91 Å². The first kappa shape index (κ1) is 34.1. The quantitative estimate of drug-likeness (QED) is 0.104. The van der Waals surface area contributed by atoms with Gasteiger partial charge in [0.15, 0.2) is 5.71 Å². The van der Waals surface area contributed by atoms with E-state index in [0.29, 0.717) is 30.5 Å². The normalized spacial score (nSPS) is 22.5. The summed E-state index contributed by atoms with van der Waals surface area (Å²) in [5.74, 6) is -0.638. The average Bonchev–Trinajstić information content (AvgIpc) is 4.00. The van der Waals surface area contributed by atoms with Crippen molar-refractivity contribution >= 4 is 46.6 Å². The van der Waals surface area contributed by atoms with Gasteiger partial charge < -0.3 is 36.8 Å². The van der Waals surface area contributed by atoms with Crippen LogP contribution in [-0.4, -0.2) is 69.5 Å². The molecule has 1 unspecified atom stereocenters. The van der Waals surface area contributed by atoms with E-state index in [1.807, 2.05) is 57.2 Å². The number of hydrogen-bond donors (Lipinski definition) is 6. The lowest BCUT2D eigenvalue weighted by molar-refractivity contribution is -0.125. The maximum atomic E-state index is 14.4. The lowest BCUT2D eigenvalue weighted by atomic mass is 9.88. The molecule has 3 fully saturated rings. The fourth-order valence-corrected chi connectivity index (χ4v) is 7.65. The van der Waals surface area contributed by atoms with Crippen LogP contribution in [0.15, 0.2) is 47.6 Å². The summed E-state index contributed by atoms with van der Waals surface area (Å²) in [6.45, 7) is 7.88. The summed E-state index contributed by atoms with van der Waals surface area (Å²) in [5, 5.41) is 32.3. The number of fused-ring (bicyclic) bond motifs is 1. The topological polar surface area (TPSA) is 176 Å². The molecule has 2 aromatic carbocycles. The van der Waals surface area contributed by atoms with E-state index in [0.717, 1.165) is 54.5 Å². The molecule has 2 aromatic rings. The van der Waals surface area contributed by atoms with E-state index < -0.39 is 23.2 Å². The first-order valence-corrected chi connectivity index (χ1v) is 17.4. The van der Waals surface area contributed by atoms with Crippen molar-refractivity contribution in [3.05, 3.63) is 59.2 Å². The molecule has 0 aromatic heterocycles.